The molecule has 5 heteroatoms. The maximum absolute atomic E-state index is 12.1. The predicted molar refractivity (Wildman–Crippen MR) is 94.9 cm³/mol. The van der Waals surface area contributed by atoms with Gasteiger partial charge in [-0.15, -0.1) is 0 Å². The lowest BCUT2D eigenvalue weighted by Gasteiger charge is -2.24. The van der Waals surface area contributed by atoms with E-state index >= 15 is 0 Å². The highest BCUT2D eigenvalue weighted by Crippen LogP contribution is 2.17. The van der Waals surface area contributed by atoms with Gasteiger partial charge in [-0.3, -0.25) is 9.59 Å². The number of ether oxygens (including phenoxy) is 1. The molecular formula is C19H28N2O3. The second-order valence-electron chi connectivity index (χ2n) is 6.34. The highest BCUT2D eigenvalue weighted by Gasteiger charge is 2.22. The van der Waals surface area contributed by atoms with Crippen molar-refractivity contribution < 1.29 is 14.3 Å². The van der Waals surface area contributed by atoms with E-state index in [0.717, 1.165) is 43.4 Å². The molecule has 0 bridgehead atoms. The Morgan fingerprint density at radius 1 is 1.21 bits per heavy atom. The molecule has 1 aromatic carbocycles. The van der Waals surface area contributed by atoms with E-state index in [1.807, 2.05) is 24.3 Å². The SMILES string of the molecule is CCc1ccccc1NCC(=O)OC(C)C(=O)NC1CCCCC1. The van der Waals surface area contributed by atoms with Crippen molar-refractivity contribution in [3.05, 3.63) is 29.8 Å². The summed E-state index contributed by atoms with van der Waals surface area (Å²) < 4.78 is 5.24. The Morgan fingerprint density at radius 3 is 2.62 bits per heavy atom. The van der Waals surface area contributed by atoms with Gasteiger partial charge in [-0.05, 0) is 37.8 Å². The third kappa shape index (κ3) is 5.55. The van der Waals surface area contributed by atoms with Crippen LogP contribution in [0.15, 0.2) is 24.3 Å². The minimum absolute atomic E-state index is 0.0536. The summed E-state index contributed by atoms with van der Waals surface area (Å²) >= 11 is 0. The van der Waals surface area contributed by atoms with Gasteiger partial charge in [-0.2, -0.15) is 0 Å². The Labute approximate surface area is 144 Å². The van der Waals surface area contributed by atoms with Crippen molar-refractivity contribution >= 4 is 17.6 Å². The molecule has 1 aliphatic carbocycles. The van der Waals surface area contributed by atoms with E-state index in [9.17, 15) is 9.59 Å². The van der Waals surface area contributed by atoms with E-state index in [4.69, 9.17) is 4.74 Å². The van der Waals surface area contributed by atoms with E-state index in [-0.39, 0.29) is 18.5 Å². The van der Waals surface area contributed by atoms with Crippen molar-refractivity contribution in [3.63, 3.8) is 0 Å². The molecule has 1 saturated carbocycles. The Hall–Kier alpha value is -2.04. The van der Waals surface area contributed by atoms with E-state index in [1.54, 1.807) is 6.92 Å². The van der Waals surface area contributed by atoms with E-state index in [0.29, 0.717) is 0 Å². The van der Waals surface area contributed by atoms with Gasteiger partial charge in [0.2, 0.25) is 0 Å². The number of benzene rings is 1. The number of carbonyl (C=O) groups excluding carboxylic acids is 2. The molecule has 1 atom stereocenters. The van der Waals surface area contributed by atoms with Crippen molar-refractivity contribution in [1.29, 1.82) is 0 Å². The number of rotatable bonds is 7. The lowest BCUT2D eigenvalue weighted by atomic mass is 9.95. The van der Waals surface area contributed by atoms with E-state index in [1.165, 1.54) is 6.42 Å². The van der Waals surface area contributed by atoms with Crippen LogP contribution in [0.1, 0.15) is 51.5 Å². The minimum Gasteiger partial charge on any atom is -0.451 e. The van der Waals surface area contributed by atoms with Gasteiger partial charge in [-0.25, -0.2) is 0 Å². The lowest BCUT2D eigenvalue weighted by molar-refractivity contribution is -0.153. The monoisotopic (exact) mass is 332 g/mol. The first kappa shape index (κ1) is 18.3. The predicted octanol–water partition coefficient (Wildman–Crippen LogP) is 3.04. The van der Waals surface area contributed by atoms with Crippen LogP contribution in [0.2, 0.25) is 0 Å². The molecule has 0 radical (unpaired) electrons. The zero-order valence-corrected chi connectivity index (χ0v) is 14.6. The molecule has 1 aliphatic rings. The quantitative estimate of drug-likeness (QED) is 0.753. The highest BCUT2D eigenvalue weighted by molar-refractivity contribution is 5.84. The van der Waals surface area contributed by atoms with Gasteiger partial charge < -0.3 is 15.4 Å². The maximum Gasteiger partial charge on any atom is 0.326 e. The van der Waals surface area contributed by atoms with Crippen molar-refractivity contribution in [2.24, 2.45) is 0 Å². The fourth-order valence-corrected chi connectivity index (χ4v) is 3.03. The van der Waals surface area contributed by atoms with E-state index < -0.39 is 12.1 Å². The minimum atomic E-state index is -0.761. The third-order valence-corrected chi connectivity index (χ3v) is 4.45. The third-order valence-electron chi connectivity index (χ3n) is 4.45. The standard InChI is InChI=1S/C19H28N2O3/c1-3-15-9-7-8-12-17(15)20-13-18(22)24-14(2)19(23)21-16-10-5-4-6-11-16/h7-9,12,14,16,20H,3-6,10-11,13H2,1-2H3,(H,21,23). The number of amides is 1. The number of anilines is 1. The van der Waals surface area contributed by atoms with Gasteiger partial charge in [0.25, 0.3) is 5.91 Å². The summed E-state index contributed by atoms with van der Waals surface area (Å²) in [6.45, 7) is 3.74. The van der Waals surface area contributed by atoms with Gasteiger partial charge in [0.05, 0.1) is 0 Å². The molecule has 2 rings (SSSR count). The molecule has 0 aliphatic heterocycles. The first-order valence-corrected chi connectivity index (χ1v) is 8.91. The summed E-state index contributed by atoms with van der Waals surface area (Å²) in [7, 11) is 0. The molecule has 0 saturated heterocycles. The Kier molecular flexibility index (Phi) is 7.09. The molecule has 0 aromatic heterocycles. The van der Waals surface area contributed by atoms with Crippen LogP contribution in [0.3, 0.4) is 0 Å². The molecule has 5 nitrogen and oxygen atoms in total. The highest BCUT2D eigenvalue weighted by atomic mass is 16.5. The van der Waals surface area contributed by atoms with Crippen LogP contribution in [0, 0.1) is 0 Å². The molecule has 2 N–H and O–H groups in total. The molecular weight excluding hydrogens is 304 g/mol. The average Bonchev–Trinajstić information content (AvgIpc) is 2.61. The zero-order valence-electron chi connectivity index (χ0n) is 14.6. The summed E-state index contributed by atoms with van der Waals surface area (Å²) in [5, 5.41) is 6.06. The van der Waals surface area contributed by atoms with Gasteiger partial charge in [-0.1, -0.05) is 44.4 Å². The molecule has 132 valence electrons. The fourth-order valence-electron chi connectivity index (χ4n) is 3.03. The number of aryl methyl sites for hydroxylation is 1. The molecule has 1 amide bonds. The van der Waals surface area contributed by atoms with Crippen molar-refractivity contribution in [2.75, 3.05) is 11.9 Å². The number of hydrogen-bond acceptors (Lipinski definition) is 4. The first-order chi connectivity index (χ1) is 11.6. The van der Waals surface area contributed by atoms with Crippen molar-refractivity contribution in [3.8, 4) is 0 Å². The smallest absolute Gasteiger partial charge is 0.326 e. The van der Waals surface area contributed by atoms with Gasteiger partial charge in [0.15, 0.2) is 6.10 Å². The number of para-hydroxylation sites is 1. The normalized spacial score (nSPS) is 16.2. The van der Waals surface area contributed by atoms with E-state index in [2.05, 4.69) is 17.6 Å². The van der Waals surface area contributed by atoms with Crippen LogP contribution in [-0.2, 0) is 20.7 Å². The molecule has 1 fully saturated rings. The fraction of sp³-hybridized carbons (Fsp3) is 0.579. The van der Waals surface area contributed by atoms with Gasteiger partial charge in [0, 0.05) is 11.7 Å². The first-order valence-electron chi connectivity index (χ1n) is 8.91. The Morgan fingerprint density at radius 2 is 1.92 bits per heavy atom. The summed E-state index contributed by atoms with van der Waals surface area (Å²) in [5.74, 6) is -0.628. The average molecular weight is 332 g/mol. The number of carbonyl (C=O) groups is 2. The van der Waals surface area contributed by atoms with Crippen LogP contribution in [0.4, 0.5) is 5.69 Å². The van der Waals surface area contributed by atoms with Gasteiger partial charge >= 0.3 is 5.97 Å². The number of esters is 1. The summed E-state index contributed by atoms with van der Waals surface area (Å²) in [5.41, 5.74) is 2.07. The molecule has 1 unspecified atom stereocenters. The maximum atomic E-state index is 12.1. The van der Waals surface area contributed by atoms with Crippen molar-refractivity contribution in [2.45, 2.75) is 64.5 Å². The van der Waals surface area contributed by atoms with Crippen LogP contribution in [0.5, 0.6) is 0 Å². The Bertz CT molecular complexity index is 553. The Balaban J connectivity index is 1.75. The van der Waals surface area contributed by atoms with Gasteiger partial charge in [0.1, 0.15) is 6.54 Å². The largest absolute Gasteiger partial charge is 0.451 e. The summed E-state index contributed by atoms with van der Waals surface area (Å²) in [6.07, 6.45) is 5.70. The van der Waals surface area contributed by atoms with Crippen molar-refractivity contribution in [1.82, 2.24) is 5.32 Å². The second-order valence-corrected chi connectivity index (χ2v) is 6.34. The lowest BCUT2D eigenvalue weighted by Crippen LogP contribution is -2.43. The summed E-state index contributed by atoms with van der Waals surface area (Å²) in [6, 6.07) is 8.08. The number of nitrogens with one attached hydrogen (secondary N) is 2. The summed E-state index contributed by atoms with van der Waals surface area (Å²) in [4.78, 5) is 24.1. The zero-order chi connectivity index (χ0) is 17.4. The molecule has 0 spiro atoms. The topological polar surface area (TPSA) is 67.4 Å². The molecule has 0 heterocycles. The molecule has 24 heavy (non-hydrogen) atoms. The number of hydrogen-bond donors (Lipinski definition) is 2. The van der Waals surface area contributed by atoms with Crippen LogP contribution < -0.4 is 10.6 Å². The van der Waals surface area contributed by atoms with Crippen LogP contribution in [-0.4, -0.2) is 30.6 Å². The second kappa shape index (κ2) is 9.30. The molecule has 1 aromatic rings. The van der Waals surface area contributed by atoms with Crippen LogP contribution >= 0.6 is 0 Å². The van der Waals surface area contributed by atoms with Crippen LogP contribution in [0.25, 0.3) is 0 Å².